The highest BCUT2D eigenvalue weighted by molar-refractivity contribution is 6.56. The first kappa shape index (κ1) is 17.3. The highest BCUT2D eigenvalue weighted by Crippen LogP contribution is 2.39. The van der Waals surface area contributed by atoms with Gasteiger partial charge in [0.2, 0.25) is 0 Å². The fourth-order valence-electron chi connectivity index (χ4n) is 2.53. The Balaban J connectivity index is 3.04. The number of hydrogen-bond acceptors (Lipinski definition) is 4. The molecular formula is C14H20Cl2O4. The van der Waals surface area contributed by atoms with Crippen molar-refractivity contribution in [3.05, 3.63) is 10.1 Å². The van der Waals surface area contributed by atoms with E-state index >= 15 is 0 Å². The number of hydrogen-bond donors (Lipinski definition) is 0. The molecule has 0 spiro atoms. The monoisotopic (exact) mass is 322 g/mol. The van der Waals surface area contributed by atoms with Gasteiger partial charge in [-0.2, -0.15) is 0 Å². The number of esters is 2. The van der Waals surface area contributed by atoms with Gasteiger partial charge in [-0.1, -0.05) is 29.6 Å². The van der Waals surface area contributed by atoms with Crippen LogP contribution in [0.5, 0.6) is 0 Å². The molecule has 0 aromatic carbocycles. The maximum Gasteiger partial charge on any atom is 0.320 e. The summed E-state index contributed by atoms with van der Waals surface area (Å²) in [5.41, 5.74) is 0.755. The summed E-state index contributed by atoms with van der Waals surface area (Å²) in [5.74, 6) is -2.43. The zero-order valence-electron chi connectivity index (χ0n) is 11.8. The van der Waals surface area contributed by atoms with Crippen molar-refractivity contribution in [3.8, 4) is 0 Å². The van der Waals surface area contributed by atoms with Crippen molar-refractivity contribution in [2.75, 3.05) is 13.2 Å². The SMILES string of the molecule is CCOC(=O)C(C(=O)OCC)[C@H]1CCCCC1=C(Cl)Cl. The minimum Gasteiger partial charge on any atom is -0.465 e. The van der Waals surface area contributed by atoms with E-state index in [4.69, 9.17) is 32.7 Å². The van der Waals surface area contributed by atoms with Crippen LogP contribution in [-0.4, -0.2) is 25.2 Å². The topological polar surface area (TPSA) is 52.6 Å². The number of carbonyl (C=O) groups excluding carboxylic acids is 2. The van der Waals surface area contributed by atoms with Gasteiger partial charge in [-0.15, -0.1) is 0 Å². The molecule has 0 aromatic rings. The molecule has 0 bridgehead atoms. The Bertz CT molecular complexity index is 371. The summed E-state index contributed by atoms with van der Waals surface area (Å²) in [5, 5.41) is 0. The number of carbonyl (C=O) groups is 2. The summed E-state index contributed by atoms with van der Waals surface area (Å²) in [6.45, 7) is 3.84. The minimum atomic E-state index is -0.974. The van der Waals surface area contributed by atoms with Crippen molar-refractivity contribution in [2.24, 2.45) is 11.8 Å². The third kappa shape index (κ3) is 4.38. The third-order valence-electron chi connectivity index (χ3n) is 3.38. The van der Waals surface area contributed by atoms with E-state index in [0.29, 0.717) is 12.8 Å². The summed E-state index contributed by atoms with van der Waals surface area (Å²) in [4.78, 5) is 24.2. The van der Waals surface area contributed by atoms with E-state index in [9.17, 15) is 9.59 Å². The molecular weight excluding hydrogens is 303 g/mol. The molecule has 1 aliphatic carbocycles. The van der Waals surface area contributed by atoms with Gasteiger partial charge < -0.3 is 9.47 Å². The van der Waals surface area contributed by atoms with Crippen LogP contribution in [-0.2, 0) is 19.1 Å². The van der Waals surface area contributed by atoms with E-state index in [1.165, 1.54) is 0 Å². The quantitative estimate of drug-likeness (QED) is 0.573. The second-order valence-electron chi connectivity index (χ2n) is 4.62. The van der Waals surface area contributed by atoms with Crippen molar-refractivity contribution in [3.63, 3.8) is 0 Å². The van der Waals surface area contributed by atoms with Crippen LogP contribution in [0.3, 0.4) is 0 Å². The molecule has 114 valence electrons. The Morgan fingerprint density at radius 3 is 2.15 bits per heavy atom. The zero-order valence-corrected chi connectivity index (χ0v) is 13.3. The first-order valence-corrected chi connectivity index (χ1v) is 7.65. The van der Waals surface area contributed by atoms with Gasteiger partial charge in [0.15, 0.2) is 5.92 Å². The van der Waals surface area contributed by atoms with Gasteiger partial charge in [0.05, 0.1) is 13.2 Å². The van der Waals surface area contributed by atoms with Gasteiger partial charge >= 0.3 is 11.9 Å². The standard InChI is InChI=1S/C14H20Cl2O4/c1-3-19-13(17)11(14(18)20-4-2)9-7-5-6-8-10(9)12(15)16/h9,11H,3-8H2,1-2H3/t9-/m0/s1. The van der Waals surface area contributed by atoms with Crippen LogP contribution in [0.15, 0.2) is 10.1 Å². The van der Waals surface area contributed by atoms with Crippen LogP contribution in [0.4, 0.5) is 0 Å². The van der Waals surface area contributed by atoms with E-state index in [0.717, 1.165) is 18.4 Å². The molecule has 20 heavy (non-hydrogen) atoms. The second kappa shape index (κ2) is 8.53. The van der Waals surface area contributed by atoms with Crippen molar-refractivity contribution in [1.29, 1.82) is 0 Å². The van der Waals surface area contributed by atoms with Crippen LogP contribution < -0.4 is 0 Å². The molecule has 0 aliphatic heterocycles. The average Bonchev–Trinajstić information content (AvgIpc) is 2.40. The molecule has 0 N–H and O–H groups in total. The molecule has 6 heteroatoms. The number of ether oxygens (including phenoxy) is 2. The molecule has 0 aromatic heterocycles. The van der Waals surface area contributed by atoms with E-state index in [2.05, 4.69) is 0 Å². The zero-order chi connectivity index (χ0) is 15.1. The van der Waals surface area contributed by atoms with E-state index in [-0.39, 0.29) is 23.6 Å². The van der Waals surface area contributed by atoms with Gasteiger partial charge in [0, 0.05) is 5.92 Å². The lowest BCUT2D eigenvalue weighted by molar-refractivity contribution is -0.164. The van der Waals surface area contributed by atoms with E-state index in [1.54, 1.807) is 13.8 Å². The summed E-state index contributed by atoms with van der Waals surface area (Å²) in [7, 11) is 0. The van der Waals surface area contributed by atoms with Crippen LogP contribution >= 0.6 is 23.2 Å². The van der Waals surface area contributed by atoms with Crippen LogP contribution in [0.2, 0.25) is 0 Å². The molecule has 4 nitrogen and oxygen atoms in total. The van der Waals surface area contributed by atoms with Gasteiger partial charge in [-0.25, -0.2) is 0 Å². The minimum absolute atomic E-state index is 0.147. The predicted molar refractivity (Wildman–Crippen MR) is 77.4 cm³/mol. The van der Waals surface area contributed by atoms with Crippen molar-refractivity contribution in [2.45, 2.75) is 39.5 Å². The molecule has 1 atom stereocenters. The number of rotatable bonds is 5. The van der Waals surface area contributed by atoms with Crippen LogP contribution in [0, 0.1) is 11.8 Å². The van der Waals surface area contributed by atoms with Gasteiger partial charge in [0.1, 0.15) is 4.49 Å². The summed E-state index contributed by atoms with van der Waals surface area (Å²) < 4.78 is 10.2. The number of allylic oxidation sites excluding steroid dienone is 1. The Labute approximate surface area is 129 Å². The lowest BCUT2D eigenvalue weighted by Gasteiger charge is -2.30. The molecule has 1 fully saturated rings. The van der Waals surface area contributed by atoms with Crippen LogP contribution in [0.25, 0.3) is 0 Å². The molecule has 1 rings (SSSR count). The van der Waals surface area contributed by atoms with Crippen molar-refractivity contribution < 1.29 is 19.1 Å². The van der Waals surface area contributed by atoms with Crippen molar-refractivity contribution >= 4 is 35.1 Å². The highest BCUT2D eigenvalue weighted by atomic mass is 35.5. The largest absolute Gasteiger partial charge is 0.465 e. The molecule has 1 saturated carbocycles. The highest BCUT2D eigenvalue weighted by Gasteiger charge is 2.40. The fourth-order valence-corrected chi connectivity index (χ4v) is 3.00. The predicted octanol–water partition coefficient (Wildman–Crippen LogP) is 3.61. The molecule has 0 saturated heterocycles. The Hall–Kier alpha value is -0.740. The van der Waals surface area contributed by atoms with Crippen LogP contribution in [0.1, 0.15) is 39.5 Å². The van der Waals surface area contributed by atoms with Gasteiger partial charge in [-0.05, 0) is 38.7 Å². The molecule has 0 heterocycles. The Kier molecular flexibility index (Phi) is 7.38. The smallest absolute Gasteiger partial charge is 0.320 e. The average molecular weight is 323 g/mol. The molecule has 0 amide bonds. The Morgan fingerprint density at radius 2 is 1.70 bits per heavy atom. The Morgan fingerprint density at radius 1 is 1.15 bits per heavy atom. The summed E-state index contributed by atoms with van der Waals surface area (Å²) >= 11 is 11.8. The first-order valence-electron chi connectivity index (χ1n) is 6.90. The summed E-state index contributed by atoms with van der Waals surface area (Å²) in [6.07, 6.45) is 3.25. The summed E-state index contributed by atoms with van der Waals surface area (Å²) in [6, 6.07) is 0. The lowest BCUT2D eigenvalue weighted by atomic mass is 9.77. The molecule has 0 radical (unpaired) electrons. The number of halogens is 2. The van der Waals surface area contributed by atoms with Gasteiger partial charge in [-0.3, -0.25) is 9.59 Å². The maximum atomic E-state index is 12.1. The fraction of sp³-hybridized carbons (Fsp3) is 0.714. The van der Waals surface area contributed by atoms with Gasteiger partial charge in [0.25, 0.3) is 0 Å². The lowest BCUT2D eigenvalue weighted by Crippen LogP contribution is -2.36. The first-order chi connectivity index (χ1) is 9.52. The van der Waals surface area contributed by atoms with Crippen molar-refractivity contribution in [1.82, 2.24) is 0 Å². The molecule has 1 aliphatic rings. The van der Waals surface area contributed by atoms with E-state index < -0.39 is 17.9 Å². The van der Waals surface area contributed by atoms with E-state index in [1.807, 2.05) is 0 Å². The third-order valence-corrected chi connectivity index (χ3v) is 3.87. The second-order valence-corrected chi connectivity index (χ2v) is 5.57. The maximum absolute atomic E-state index is 12.1. The molecule has 0 unspecified atom stereocenters. The normalized spacial score (nSPS) is 18.9.